The van der Waals surface area contributed by atoms with Crippen molar-refractivity contribution >= 4 is 17.7 Å². The van der Waals surface area contributed by atoms with E-state index in [1.807, 2.05) is 0 Å². The lowest BCUT2D eigenvalue weighted by molar-refractivity contribution is -0.294. The Kier molecular flexibility index (Phi) is 5.76. The number of alkyl halides is 6. The van der Waals surface area contributed by atoms with Crippen molar-refractivity contribution in [3.63, 3.8) is 0 Å². The lowest BCUT2D eigenvalue weighted by Gasteiger charge is -2.38. The first-order valence-electron chi connectivity index (χ1n) is 6.54. The normalized spacial score (nSPS) is 12.4. The van der Waals surface area contributed by atoms with Gasteiger partial charge in [0.2, 0.25) is 0 Å². The fraction of sp³-hybridized carbons (Fsp3) is 0.385. The summed E-state index contributed by atoms with van der Waals surface area (Å²) in [5.74, 6) is -1.42. The van der Waals surface area contributed by atoms with Crippen molar-refractivity contribution in [1.29, 1.82) is 0 Å². The monoisotopic (exact) mass is 374 g/mol. The quantitative estimate of drug-likeness (QED) is 0.543. The molecule has 0 bridgehead atoms. The van der Waals surface area contributed by atoms with Crippen molar-refractivity contribution in [3.8, 4) is 0 Å². The van der Waals surface area contributed by atoms with Gasteiger partial charge in [0.05, 0.1) is 12.2 Å². The Morgan fingerprint density at radius 3 is 1.88 bits per heavy atom. The number of amides is 1. The highest BCUT2D eigenvalue weighted by molar-refractivity contribution is 5.88. The summed E-state index contributed by atoms with van der Waals surface area (Å²) in [5, 5.41) is 10.6. The largest absolute Gasteiger partial charge is 0.478 e. The Morgan fingerprint density at radius 1 is 1.04 bits per heavy atom. The van der Waals surface area contributed by atoms with Crippen LogP contribution in [0.15, 0.2) is 24.3 Å². The number of nitrogens with one attached hydrogen (secondary N) is 2. The molecule has 0 aliphatic rings. The van der Waals surface area contributed by atoms with E-state index in [0.29, 0.717) is 12.1 Å². The second-order valence-electron chi connectivity index (χ2n) is 4.60. The Hall–Kier alpha value is -2.66. The van der Waals surface area contributed by atoms with Gasteiger partial charge in [-0.2, -0.15) is 26.3 Å². The van der Waals surface area contributed by atoms with Crippen molar-refractivity contribution in [2.45, 2.75) is 24.9 Å². The molecule has 25 heavy (non-hydrogen) atoms. The number of ether oxygens (including phenoxy) is 1. The third-order valence-electron chi connectivity index (χ3n) is 2.88. The lowest BCUT2D eigenvalue weighted by atomic mass is 10.1. The molecule has 0 heterocycles. The minimum atomic E-state index is -6.00. The van der Waals surface area contributed by atoms with Crippen LogP contribution < -0.4 is 10.6 Å². The summed E-state index contributed by atoms with van der Waals surface area (Å²) in [5.41, 5.74) is -5.92. The van der Waals surface area contributed by atoms with Gasteiger partial charge in [-0.25, -0.2) is 9.59 Å². The van der Waals surface area contributed by atoms with Crippen LogP contribution in [0.1, 0.15) is 17.3 Å². The molecular formula is C13H12F6N2O4. The second-order valence-corrected chi connectivity index (χ2v) is 4.60. The molecule has 0 saturated carbocycles. The molecule has 0 radical (unpaired) electrons. The standard InChI is InChI=1S/C13H12F6N2O4/c1-2-25-10(24)21-11(12(14,15)16,13(17,18)19)20-8-5-3-7(4-6-8)9(22)23/h3-6,20H,2H2,1H3,(H,21,24)(H,22,23). The fourth-order valence-corrected chi connectivity index (χ4v) is 1.71. The number of benzene rings is 1. The molecule has 1 amide bonds. The number of carboxylic acid groups (broad SMARTS) is 1. The van der Waals surface area contributed by atoms with Crippen LogP contribution in [0.4, 0.5) is 36.8 Å². The van der Waals surface area contributed by atoms with E-state index in [2.05, 4.69) is 4.74 Å². The lowest BCUT2D eigenvalue weighted by Crippen LogP contribution is -2.72. The van der Waals surface area contributed by atoms with Crippen LogP contribution in [0.5, 0.6) is 0 Å². The third kappa shape index (κ3) is 4.45. The Morgan fingerprint density at radius 2 is 1.52 bits per heavy atom. The number of carbonyl (C=O) groups excluding carboxylic acids is 1. The van der Waals surface area contributed by atoms with Crippen LogP contribution in [0.25, 0.3) is 0 Å². The van der Waals surface area contributed by atoms with E-state index < -0.39 is 42.4 Å². The van der Waals surface area contributed by atoms with Crippen LogP contribution in [-0.2, 0) is 4.74 Å². The first-order chi connectivity index (χ1) is 11.3. The molecule has 0 aromatic heterocycles. The van der Waals surface area contributed by atoms with Gasteiger partial charge >= 0.3 is 30.1 Å². The minimum Gasteiger partial charge on any atom is -0.478 e. The number of halogens is 6. The van der Waals surface area contributed by atoms with Gasteiger partial charge in [0.25, 0.3) is 0 Å². The Balaban J connectivity index is 3.33. The number of alkyl carbamates (subject to hydrolysis) is 1. The van der Waals surface area contributed by atoms with Crippen molar-refractivity contribution in [2.24, 2.45) is 0 Å². The summed E-state index contributed by atoms with van der Waals surface area (Å²) < 4.78 is 83.4. The van der Waals surface area contributed by atoms with Crippen LogP contribution in [0.3, 0.4) is 0 Å². The Labute approximate surface area is 136 Å². The van der Waals surface area contributed by atoms with E-state index >= 15 is 0 Å². The zero-order valence-electron chi connectivity index (χ0n) is 12.5. The molecular weight excluding hydrogens is 362 g/mol. The smallest absolute Gasteiger partial charge is 0.439 e. The molecule has 1 aromatic carbocycles. The fourth-order valence-electron chi connectivity index (χ4n) is 1.71. The van der Waals surface area contributed by atoms with Gasteiger partial charge in [-0.05, 0) is 31.2 Å². The van der Waals surface area contributed by atoms with Gasteiger partial charge in [-0.15, -0.1) is 0 Å². The maximum absolute atomic E-state index is 13.2. The second kappa shape index (κ2) is 7.07. The van der Waals surface area contributed by atoms with Crippen molar-refractivity contribution in [3.05, 3.63) is 29.8 Å². The van der Waals surface area contributed by atoms with E-state index in [1.54, 1.807) is 0 Å². The van der Waals surface area contributed by atoms with Gasteiger partial charge < -0.3 is 15.2 Å². The van der Waals surface area contributed by atoms with Gasteiger partial charge in [0, 0.05) is 5.69 Å². The number of aromatic carboxylic acids is 1. The molecule has 6 nitrogen and oxygen atoms in total. The zero-order chi connectivity index (χ0) is 19.5. The number of hydrogen-bond donors (Lipinski definition) is 3. The van der Waals surface area contributed by atoms with Gasteiger partial charge in [-0.1, -0.05) is 0 Å². The highest BCUT2D eigenvalue weighted by atomic mass is 19.4. The number of hydrogen-bond acceptors (Lipinski definition) is 4. The van der Waals surface area contributed by atoms with Crippen molar-refractivity contribution < 1.29 is 45.8 Å². The van der Waals surface area contributed by atoms with E-state index in [-0.39, 0.29) is 5.56 Å². The molecule has 0 fully saturated rings. The topological polar surface area (TPSA) is 87.7 Å². The number of carboxylic acids is 1. The van der Waals surface area contributed by atoms with Crippen LogP contribution in [-0.4, -0.2) is 41.8 Å². The molecule has 0 atom stereocenters. The summed E-state index contributed by atoms with van der Waals surface area (Å²) in [7, 11) is 0. The van der Waals surface area contributed by atoms with Gasteiger partial charge in [-0.3, -0.25) is 5.32 Å². The molecule has 12 heteroatoms. The molecule has 0 aliphatic carbocycles. The first kappa shape index (κ1) is 20.4. The van der Waals surface area contributed by atoms with E-state index in [0.717, 1.165) is 17.4 Å². The molecule has 0 spiro atoms. The summed E-state index contributed by atoms with van der Waals surface area (Å²) >= 11 is 0. The highest BCUT2D eigenvalue weighted by Crippen LogP contribution is 2.43. The predicted octanol–water partition coefficient (Wildman–Crippen LogP) is 3.36. The first-order valence-corrected chi connectivity index (χ1v) is 6.54. The van der Waals surface area contributed by atoms with Crippen LogP contribution in [0, 0.1) is 0 Å². The number of anilines is 1. The van der Waals surface area contributed by atoms with Gasteiger partial charge in [0.15, 0.2) is 0 Å². The molecule has 3 N–H and O–H groups in total. The van der Waals surface area contributed by atoms with Gasteiger partial charge in [0.1, 0.15) is 0 Å². The molecule has 1 aromatic rings. The summed E-state index contributed by atoms with van der Waals surface area (Å²) in [6.07, 6.45) is -13.9. The van der Waals surface area contributed by atoms with E-state index in [9.17, 15) is 35.9 Å². The highest BCUT2D eigenvalue weighted by Gasteiger charge is 2.73. The minimum absolute atomic E-state index is 0.353. The van der Waals surface area contributed by atoms with Crippen molar-refractivity contribution in [1.82, 2.24) is 5.32 Å². The third-order valence-corrected chi connectivity index (χ3v) is 2.88. The average molecular weight is 374 g/mol. The van der Waals surface area contributed by atoms with Crippen LogP contribution in [0.2, 0.25) is 0 Å². The number of rotatable bonds is 5. The maximum Gasteiger partial charge on any atom is 0.439 e. The average Bonchev–Trinajstić information content (AvgIpc) is 2.44. The zero-order valence-corrected chi connectivity index (χ0v) is 12.5. The molecule has 0 saturated heterocycles. The maximum atomic E-state index is 13.2. The SMILES string of the molecule is CCOC(=O)NC(Nc1ccc(C(=O)O)cc1)(C(F)(F)F)C(F)(F)F. The predicted molar refractivity (Wildman–Crippen MR) is 72.0 cm³/mol. The van der Waals surface area contributed by atoms with E-state index in [4.69, 9.17) is 5.11 Å². The summed E-state index contributed by atoms with van der Waals surface area (Å²) in [4.78, 5) is 21.9. The van der Waals surface area contributed by atoms with Crippen molar-refractivity contribution in [2.75, 3.05) is 11.9 Å². The molecule has 1 rings (SSSR count). The molecule has 0 unspecified atom stereocenters. The summed E-state index contributed by atoms with van der Waals surface area (Å²) in [6, 6.07) is 2.99. The number of carbonyl (C=O) groups is 2. The van der Waals surface area contributed by atoms with Crippen LogP contribution >= 0.6 is 0 Å². The molecule has 140 valence electrons. The Bertz CT molecular complexity index is 613. The van der Waals surface area contributed by atoms with E-state index in [1.165, 1.54) is 12.2 Å². The summed E-state index contributed by atoms with van der Waals surface area (Å²) in [6.45, 7) is 0.741. The molecule has 0 aliphatic heterocycles.